The number of rotatable bonds is 4. The van der Waals surface area contributed by atoms with Crippen LogP contribution >= 0.6 is 11.3 Å². The second-order valence-electron chi connectivity index (χ2n) is 5.09. The first-order chi connectivity index (χ1) is 10.1. The summed E-state index contributed by atoms with van der Waals surface area (Å²) in [6.45, 7) is 5.19. The van der Waals surface area contributed by atoms with Crippen LogP contribution in [0.4, 0.5) is 0 Å². The quantitative estimate of drug-likeness (QED) is 0.919. The predicted molar refractivity (Wildman–Crippen MR) is 81.7 cm³/mol. The number of H-pyrrole nitrogens is 1. The molecule has 1 aliphatic heterocycles. The van der Waals surface area contributed by atoms with Crippen molar-refractivity contribution in [2.45, 2.75) is 18.5 Å². The molecule has 8 heteroatoms. The van der Waals surface area contributed by atoms with Crippen LogP contribution < -0.4 is 0 Å². The van der Waals surface area contributed by atoms with E-state index in [0.717, 1.165) is 19.6 Å². The lowest BCUT2D eigenvalue weighted by molar-refractivity contribution is 0.182. The molecule has 3 rings (SSSR count). The molecule has 0 spiro atoms. The van der Waals surface area contributed by atoms with E-state index in [-0.39, 0.29) is 5.03 Å². The fourth-order valence-electron chi connectivity index (χ4n) is 2.42. The van der Waals surface area contributed by atoms with Crippen LogP contribution in [0.5, 0.6) is 0 Å². The average molecular weight is 326 g/mol. The topological polar surface area (TPSA) is 69.3 Å². The monoisotopic (exact) mass is 326 g/mol. The second kappa shape index (κ2) is 5.88. The Balaban J connectivity index is 1.63. The molecule has 114 valence electrons. The lowest BCUT2D eigenvalue weighted by Crippen LogP contribution is -2.48. The Morgan fingerprint density at radius 2 is 2.10 bits per heavy atom. The average Bonchev–Trinajstić information content (AvgIpc) is 3.11. The molecule has 1 saturated heterocycles. The van der Waals surface area contributed by atoms with Gasteiger partial charge in [-0.2, -0.15) is 4.31 Å². The van der Waals surface area contributed by atoms with Crippen LogP contribution in [0.25, 0.3) is 0 Å². The maximum absolute atomic E-state index is 12.5. The molecular weight excluding hydrogens is 308 g/mol. The highest BCUT2D eigenvalue weighted by atomic mass is 32.2. The molecule has 3 heterocycles. The molecule has 21 heavy (non-hydrogen) atoms. The first kappa shape index (κ1) is 14.7. The van der Waals surface area contributed by atoms with Crippen LogP contribution in [0.2, 0.25) is 0 Å². The van der Waals surface area contributed by atoms with Crippen LogP contribution in [0.1, 0.15) is 10.7 Å². The number of aryl methyl sites for hydroxylation is 1. The number of nitrogens with zero attached hydrogens (tertiary/aromatic N) is 3. The Morgan fingerprint density at radius 1 is 1.33 bits per heavy atom. The van der Waals surface area contributed by atoms with E-state index in [1.807, 2.05) is 6.07 Å². The van der Waals surface area contributed by atoms with Crippen molar-refractivity contribution in [3.05, 3.63) is 34.4 Å². The van der Waals surface area contributed by atoms with E-state index in [2.05, 4.69) is 26.3 Å². The van der Waals surface area contributed by atoms with Gasteiger partial charge in [0.2, 0.25) is 0 Å². The number of sulfonamides is 1. The predicted octanol–water partition coefficient (Wildman–Crippen LogP) is 1.29. The summed E-state index contributed by atoms with van der Waals surface area (Å²) in [5.74, 6) is 0.616. The Bertz CT molecular complexity index is 686. The van der Waals surface area contributed by atoms with Gasteiger partial charge in [0.15, 0.2) is 5.03 Å². The largest absolute Gasteiger partial charge is 0.332 e. The zero-order valence-corrected chi connectivity index (χ0v) is 13.5. The van der Waals surface area contributed by atoms with Crippen molar-refractivity contribution >= 4 is 21.4 Å². The van der Waals surface area contributed by atoms with Gasteiger partial charge < -0.3 is 4.98 Å². The fraction of sp³-hybridized carbons (Fsp3) is 0.462. The van der Waals surface area contributed by atoms with Crippen LogP contribution in [0.15, 0.2) is 28.7 Å². The fourth-order valence-corrected chi connectivity index (χ4v) is 4.55. The van der Waals surface area contributed by atoms with Gasteiger partial charge in [-0.05, 0) is 18.4 Å². The molecule has 0 aromatic carbocycles. The summed E-state index contributed by atoms with van der Waals surface area (Å²) >= 11 is 1.74. The lowest BCUT2D eigenvalue weighted by atomic mass is 10.3. The summed E-state index contributed by atoms with van der Waals surface area (Å²) in [5.41, 5.74) is 0. The van der Waals surface area contributed by atoms with Gasteiger partial charge in [0.05, 0.1) is 6.20 Å². The van der Waals surface area contributed by atoms with E-state index in [0.29, 0.717) is 18.9 Å². The van der Waals surface area contributed by atoms with E-state index >= 15 is 0 Å². The molecule has 2 aromatic rings. The van der Waals surface area contributed by atoms with Gasteiger partial charge >= 0.3 is 0 Å². The molecule has 0 atom stereocenters. The SMILES string of the molecule is Cc1ncc(S(=O)(=O)N2CCN(Cc3cccs3)CC2)[nH]1. The molecule has 0 bridgehead atoms. The van der Waals surface area contributed by atoms with Gasteiger partial charge in [-0.15, -0.1) is 11.3 Å². The van der Waals surface area contributed by atoms with Gasteiger partial charge in [-0.1, -0.05) is 6.07 Å². The molecule has 1 aliphatic rings. The molecular formula is C13H18N4O2S2. The maximum Gasteiger partial charge on any atom is 0.260 e. The van der Waals surface area contributed by atoms with Crippen molar-refractivity contribution in [3.63, 3.8) is 0 Å². The standard InChI is InChI=1S/C13H18N4O2S2/c1-11-14-9-13(15-11)21(18,19)17-6-4-16(5-7-17)10-12-3-2-8-20-12/h2-3,8-9H,4-7,10H2,1H3,(H,14,15). The van der Waals surface area contributed by atoms with Crippen LogP contribution in [-0.4, -0.2) is 53.8 Å². The number of piperazine rings is 1. The van der Waals surface area contributed by atoms with Gasteiger partial charge in [0.1, 0.15) is 5.82 Å². The van der Waals surface area contributed by atoms with Gasteiger partial charge in [-0.3, -0.25) is 4.90 Å². The smallest absolute Gasteiger partial charge is 0.260 e. The number of thiophene rings is 1. The zero-order valence-electron chi connectivity index (χ0n) is 11.8. The van der Waals surface area contributed by atoms with Crippen molar-refractivity contribution in [3.8, 4) is 0 Å². The van der Waals surface area contributed by atoms with E-state index in [1.54, 1.807) is 18.3 Å². The number of aromatic amines is 1. The van der Waals surface area contributed by atoms with Crippen LogP contribution in [0, 0.1) is 6.92 Å². The van der Waals surface area contributed by atoms with Gasteiger partial charge in [-0.25, -0.2) is 13.4 Å². The summed E-state index contributed by atoms with van der Waals surface area (Å²) in [6.07, 6.45) is 1.39. The highest BCUT2D eigenvalue weighted by Crippen LogP contribution is 2.18. The number of nitrogens with one attached hydrogen (secondary N) is 1. The third kappa shape index (κ3) is 3.18. The summed E-state index contributed by atoms with van der Waals surface area (Å²) in [6, 6.07) is 4.16. The minimum atomic E-state index is -3.44. The molecule has 0 unspecified atom stereocenters. The molecule has 1 N–H and O–H groups in total. The number of hydrogen-bond acceptors (Lipinski definition) is 5. The van der Waals surface area contributed by atoms with E-state index in [4.69, 9.17) is 0 Å². The highest BCUT2D eigenvalue weighted by Gasteiger charge is 2.29. The molecule has 0 radical (unpaired) electrons. The van der Waals surface area contributed by atoms with Crippen LogP contribution in [0.3, 0.4) is 0 Å². The summed E-state index contributed by atoms with van der Waals surface area (Å²) in [5, 5.41) is 2.25. The molecule has 2 aromatic heterocycles. The molecule has 6 nitrogen and oxygen atoms in total. The van der Waals surface area contributed by atoms with Crippen molar-refractivity contribution in [2.24, 2.45) is 0 Å². The van der Waals surface area contributed by atoms with E-state index < -0.39 is 10.0 Å². The van der Waals surface area contributed by atoms with Crippen molar-refractivity contribution in [1.29, 1.82) is 0 Å². The van der Waals surface area contributed by atoms with Crippen molar-refractivity contribution in [2.75, 3.05) is 26.2 Å². The molecule has 0 aliphatic carbocycles. The molecule has 1 fully saturated rings. The third-order valence-corrected chi connectivity index (χ3v) is 6.26. The van der Waals surface area contributed by atoms with Gasteiger partial charge in [0, 0.05) is 37.6 Å². The van der Waals surface area contributed by atoms with E-state index in [1.165, 1.54) is 15.4 Å². The number of hydrogen-bond donors (Lipinski definition) is 1. The molecule has 0 amide bonds. The third-order valence-electron chi connectivity index (χ3n) is 3.59. The Morgan fingerprint density at radius 3 is 2.67 bits per heavy atom. The number of aromatic nitrogens is 2. The molecule has 0 saturated carbocycles. The first-order valence-corrected chi connectivity index (χ1v) is 9.14. The Labute approximate surface area is 128 Å². The summed E-state index contributed by atoms with van der Waals surface area (Å²) in [4.78, 5) is 10.4. The lowest BCUT2D eigenvalue weighted by Gasteiger charge is -2.33. The minimum Gasteiger partial charge on any atom is -0.332 e. The highest BCUT2D eigenvalue weighted by molar-refractivity contribution is 7.89. The normalized spacial score (nSPS) is 18.1. The Kier molecular flexibility index (Phi) is 4.12. The summed E-state index contributed by atoms with van der Waals surface area (Å²) in [7, 11) is -3.44. The van der Waals surface area contributed by atoms with Crippen molar-refractivity contribution in [1.82, 2.24) is 19.2 Å². The zero-order chi connectivity index (χ0) is 14.9. The van der Waals surface area contributed by atoms with E-state index in [9.17, 15) is 8.42 Å². The summed E-state index contributed by atoms with van der Waals surface area (Å²) < 4.78 is 26.5. The van der Waals surface area contributed by atoms with Gasteiger partial charge in [0.25, 0.3) is 10.0 Å². The first-order valence-electron chi connectivity index (χ1n) is 6.82. The van der Waals surface area contributed by atoms with Crippen molar-refractivity contribution < 1.29 is 8.42 Å². The second-order valence-corrected chi connectivity index (χ2v) is 8.03. The van der Waals surface area contributed by atoms with Crippen LogP contribution in [-0.2, 0) is 16.6 Å². The Hall–Kier alpha value is -1.22. The minimum absolute atomic E-state index is 0.187. The maximum atomic E-state index is 12.5. The number of imidazole rings is 1.